The Bertz CT molecular complexity index is 839. The fourth-order valence-electron chi connectivity index (χ4n) is 2.11. The molecule has 0 heterocycles. The molecule has 0 aliphatic rings. The summed E-state index contributed by atoms with van der Waals surface area (Å²) in [7, 11) is -2.13. The number of halogens is 1. The number of methoxy groups -OCH3 is 1. The van der Waals surface area contributed by atoms with Gasteiger partial charge in [0, 0.05) is 24.2 Å². The number of carbonyl (C=O) groups is 1. The summed E-state index contributed by atoms with van der Waals surface area (Å²) in [6.07, 6.45) is 0. The molecule has 27 heavy (non-hydrogen) atoms. The van der Waals surface area contributed by atoms with E-state index in [9.17, 15) is 13.2 Å². The van der Waals surface area contributed by atoms with Gasteiger partial charge in [-0.05, 0) is 48.5 Å². The highest BCUT2D eigenvalue weighted by Gasteiger charge is 2.14. The molecule has 0 spiro atoms. The number of benzene rings is 2. The van der Waals surface area contributed by atoms with Crippen LogP contribution in [0.25, 0.3) is 0 Å². The van der Waals surface area contributed by atoms with Crippen LogP contribution in [0.3, 0.4) is 0 Å². The van der Waals surface area contributed by atoms with Gasteiger partial charge >= 0.3 is 0 Å². The third-order valence-corrected chi connectivity index (χ3v) is 5.22. The molecule has 2 aromatic carbocycles. The maximum atomic E-state index is 12.1. The molecule has 146 valence electrons. The minimum atomic E-state index is -3.62. The van der Waals surface area contributed by atoms with Gasteiger partial charge < -0.3 is 14.8 Å². The lowest BCUT2D eigenvalue weighted by Crippen LogP contribution is -2.29. The first-order chi connectivity index (χ1) is 12.9. The number of rotatable bonds is 10. The van der Waals surface area contributed by atoms with Crippen LogP contribution in [0.4, 0.5) is 0 Å². The third kappa shape index (κ3) is 6.84. The highest BCUT2D eigenvalue weighted by Crippen LogP contribution is 2.15. The van der Waals surface area contributed by atoms with Crippen molar-refractivity contribution in [1.82, 2.24) is 10.0 Å². The normalized spacial score (nSPS) is 11.2. The molecule has 1 amide bonds. The Hall–Kier alpha value is -2.13. The van der Waals surface area contributed by atoms with Crippen LogP contribution in [-0.2, 0) is 14.8 Å². The van der Waals surface area contributed by atoms with Crippen molar-refractivity contribution in [3.63, 3.8) is 0 Å². The number of ether oxygens (including phenoxy) is 2. The van der Waals surface area contributed by atoms with Crippen LogP contribution in [0.15, 0.2) is 53.4 Å². The molecule has 2 aromatic rings. The SMILES string of the molecule is COCCNS(=O)(=O)c1ccc(C(=O)NCCOc2ccc(Cl)cc2)cc1. The summed E-state index contributed by atoms with van der Waals surface area (Å²) >= 11 is 5.79. The van der Waals surface area contributed by atoms with Crippen molar-refractivity contribution in [2.45, 2.75) is 4.90 Å². The summed E-state index contributed by atoms with van der Waals surface area (Å²) in [6, 6.07) is 12.6. The van der Waals surface area contributed by atoms with E-state index in [1.165, 1.54) is 31.4 Å². The second kappa shape index (κ2) is 10.3. The molecule has 0 atom stereocenters. The standard InChI is InChI=1S/C18H21ClN2O5S/c1-25-12-11-21-27(23,24)17-8-2-14(3-9-17)18(22)20-10-13-26-16-6-4-15(19)5-7-16/h2-9,21H,10-13H2,1H3,(H,20,22). The summed E-state index contributed by atoms with van der Waals surface area (Å²) in [5, 5.41) is 3.33. The first kappa shape index (κ1) is 21.2. The summed E-state index contributed by atoms with van der Waals surface area (Å²) in [5.74, 6) is 0.343. The second-order valence-corrected chi connectivity index (χ2v) is 7.68. The molecule has 0 saturated carbocycles. The predicted molar refractivity (Wildman–Crippen MR) is 103 cm³/mol. The Morgan fingerprint density at radius 2 is 1.67 bits per heavy atom. The molecule has 0 radical (unpaired) electrons. The lowest BCUT2D eigenvalue weighted by atomic mass is 10.2. The van der Waals surface area contributed by atoms with Gasteiger partial charge in [-0.1, -0.05) is 11.6 Å². The van der Waals surface area contributed by atoms with Gasteiger partial charge in [0.25, 0.3) is 5.91 Å². The zero-order valence-corrected chi connectivity index (χ0v) is 16.3. The van der Waals surface area contributed by atoms with Crippen LogP contribution in [0.5, 0.6) is 5.75 Å². The quantitative estimate of drug-likeness (QED) is 0.583. The Balaban J connectivity index is 1.81. The average Bonchev–Trinajstić information content (AvgIpc) is 2.66. The number of carbonyl (C=O) groups excluding carboxylic acids is 1. The zero-order chi connectivity index (χ0) is 19.7. The molecule has 2 N–H and O–H groups in total. The van der Waals surface area contributed by atoms with Crippen molar-refractivity contribution in [2.75, 3.05) is 33.4 Å². The summed E-state index contributed by atoms with van der Waals surface area (Å²) in [4.78, 5) is 12.2. The van der Waals surface area contributed by atoms with Crippen LogP contribution < -0.4 is 14.8 Å². The number of amides is 1. The molecule has 0 bridgehead atoms. The van der Waals surface area contributed by atoms with E-state index in [1.54, 1.807) is 24.3 Å². The molecule has 2 rings (SSSR count). The van der Waals surface area contributed by atoms with Crippen molar-refractivity contribution in [3.05, 3.63) is 59.1 Å². The minimum Gasteiger partial charge on any atom is -0.492 e. The van der Waals surface area contributed by atoms with E-state index in [0.29, 0.717) is 29.5 Å². The topological polar surface area (TPSA) is 93.7 Å². The van der Waals surface area contributed by atoms with Gasteiger partial charge in [-0.25, -0.2) is 13.1 Å². The van der Waals surface area contributed by atoms with Crippen molar-refractivity contribution in [2.24, 2.45) is 0 Å². The maximum absolute atomic E-state index is 12.1. The van der Waals surface area contributed by atoms with Crippen molar-refractivity contribution in [1.29, 1.82) is 0 Å². The Labute approximate surface area is 163 Å². The fraction of sp³-hybridized carbons (Fsp3) is 0.278. The average molecular weight is 413 g/mol. The van der Waals surface area contributed by atoms with E-state index in [0.717, 1.165) is 0 Å². The highest BCUT2D eigenvalue weighted by molar-refractivity contribution is 7.89. The number of hydrogen-bond acceptors (Lipinski definition) is 5. The Morgan fingerprint density at radius 3 is 2.30 bits per heavy atom. The molecular weight excluding hydrogens is 392 g/mol. The molecule has 0 saturated heterocycles. The number of sulfonamides is 1. The summed E-state index contributed by atoms with van der Waals surface area (Å²) < 4.78 is 36.8. The van der Waals surface area contributed by atoms with Crippen LogP contribution in [0, 0.1) is 0 Å². The van der Waals surface area contributed by atoms with Crippen molar-refractivity contribution < 1.29 is 22.7 Å². The second-order valence-electron chi connectivity index (χ2n) is 5.47. The maximum Gasteiger partial charge on any atom is 0.251 e. The highest BCUT2D eigenvalue weighted by atomic mass is 35.5. The molecule has 0 fully saturated rings. The van der Waals surface area contributed by atoms with E-state index in [2.05, 4.69) is 10.0 Å². The molecule has 0 unspecified atom stereocenters. The molecular formula is C18H21ClN2O5S. The first-order valence-corrected chi connectivity index (χ1v) is 10.0. The fourth-order valence-corrected chi connectivity index (χ4v) is 3.25. The van der Waals surface area contributed by atoms with E-state index >= 15 is 0 Å². The number of nitrogens with one attached hydrogen (secondary N) is 2. The first-order valence-electron chi connectivity index (χ1n) is 8.17. The Kier molecular flexibility index (Phi) is 8.05. The van der Waals surface area contributed by atoms with Crippen molar-refractivity contribution >= 4 is 27.5 Å². The van der Waals surface area contributed by atoms with Gasteiger partial charge in [0.2, 0.25) is 10.0 Å². The van der Waals surface area contributed by atoms with Crippen LogP contribution in [-0.4, -0.2) is 47.7 Å². The third-order valence-electron chi connectivity index (χ3n) is 3.50. The van der Waals surface area contributed by atoms with E-state index < -0.39 is 10.0 Å². The predicted octanol–water partition coefficient (Wildman–Crippen LogP) is 2.07. The lowest BCUT2D eigenvalue weighted by molar-refractivity contribution is 0.0947. The molecule has 0 aliphatic carbocycles. The van der Waals surface area contributed by atoms with Gasteiger partial charge in [-0.2, -0.15) is 0 Å². The lowest BCUT2D eigenvalue weighted by Gasteiger charge is -2.09. The summed E-state index contributed by atoms with van der Waals surface area (Å²) in [5.41, 5.74) is 0.359. The van der Waals surface area contributed by atoms with Gasteiger partial charge in [0.1, 0.15) is 12.4 Å². The van der Waals surface area contributed by atoms with Crippen LogP contribution in [0.1, 0.15) is 10.4 Å². The smallest absolute Gasteiger partial charge is 0.251 e. The van der Waals surface area contributed by atoms with Crippen LogP contribution >= 0.6 is 11.6 Å². The van der Waals surface area contributed by atoms with Gasteiger partial charge in [-0.3, -0.25) is 4.79 Å². The van der Waals surface area contributed by atoms with E-state index in [1.807, 2.05) is 0 Å². The molecule has 0 aromatic heterocycles. The summed E-state index contributed by atoms with van der Waals surface area (Å²) in [6.45, 7) is 1.05. The minimum absolute atomic E-state index is 0.0845. The van der Waals surface area contributed by atoms with Gasteiger partial charge in [-0.15, -0.1) is 0 Å². The molecule has 7 nitrogen and oxygen atoms in total. The van der Waals surface area contributed by atoms with Crippen LogP contribution in [0.2, 0.25) is 5.02 Å². The van der Waals surface area contributed by atoms with Gasteiger partial charge in [0.15, 0.2) is 0 Å². The van der Waals surface area contributed by atoms with E-state index in [4.69, 9.17) is 21.1 Å². The Morgan fingerprint density at radius 1 is 1.00 bits per heavy atom. The zero-order valence-electron chi connectivity index (χ0n) is 14.8. The molecule has 0 aliphatic heterocycles. The number of hydrogen-bond donors (Lipinski definition) is 2. The largest absolute Gasteiger partial charge is 0.492 e. The van der Waals surface area contributed by atoms with E-state index in [-0.39, 0.29) is 24.0 Å². The molecule has 9 heteroatoms. The van der Waals surface area contributed by atoms with Gasteiger partial charge in [0.05, 0.1) is 18.0 Å². The monoisotopic (exact) mass is 412 g/mol. The van der Waals surface area contributed by atoms with Crippen molar-refractivity contribution in [3.8, 4) is 5.75 Å².